The van der Waals surface area contributed by atoms with E-state index in [1.165, 1.54) is 25.9 Å². The van der Waals surface area contributed by atoms with Crippen molar-refractivity contribution in [2.45, 2.75) is 16.7 Å². The number of hydrogen-bond acceptors (Lipinski definition) is 6. The monoisotopic (exact) mass is 407 g/mol. The maximum Gasteiger partial charge on any atom is 0.355 e. The third-order valence-electron chi connectivity index (χ3n) is 4.26. The molecule has 6 heteroatoms. The Bertz CT molecular complexity index is 989. The molecule has 0 fully saturated rings. The van der Waals surface area contributed by atoms with Crippen molar-refractivity contribution in [3.8, 4) is 0 Å². The Morgan fingerprint density at radius 3 is 2.00 bits per heavy atom. The molecule has 0 aromatic heterocycles. The van der Waals surface area contributed by atoms with E-state index in [1.54, 1.807) is 35.0 Å². The van der Waals surface area contributed by atoms with Gasteiger partial charge in [0.2, 0.25) is 0 Å². The molecular weight excluding hydrogens is 386 g/mol. The lowest BCUT2D eigenvalue weighted by Crippen LogP contribution is -2.26. The van der Waals surface area contributed by atoms with Crippen LogP contribution < -0.4 is 4.90 Å². The van der Waals surface area contributed by atoms with Crippen molar-refractivity contribution < 1.29 is 19.1 Å². The lowest BCUT2D eigenvalue weighted by molar-refractivity contribution is -0.139. The minimum atomic E-state index is -0.625. The number of esters is 2. The summed E-state index contributed by atoms with van der Waals surface area (Å²) in [4.78, 5) is 28.5. The molecular formula is C23H21NO4S. The average molecular weight is 407 g/mol. The summed E-state index contributed by atoms with van der Waals surface area (Å²) in [5.74, 6) is -1.23. The van der Waals surface area contributed by atoms with Gasteiger partial charge in [-0.2, -0.15) is 0 Å². The van der Waals surface area contributed by atoms with Crippen molar-refractivity contribution in [1.29, 1.82) is 0 Å². The van der Waals surface area contributed by atoms with Gasteiger partial charge in [0.1, 0.15) is 5.70 Å². The third kappa shape index (κ3) is 4.78. The summed E-state index contributed by atoms with van der Waals surface area (Å²) in [6, 6.07) is 16.0. The van der Waals surface area contributed by atoms with Gasteiger partial charge < -0.3 is 14.4 Å². The Labute approximate surface area is 174 Å². The SMILES string of the molecule is COC(=O)C1=C(C(=O)OC)N(c2ccc(Sc3ccc(C)cc3)cc2)C=CC=C1. The fourth-order valence-electron chi connectivity index (χ4n) is 2.78. The van der Waals surface area contributed by atoms with E-state index in [1.807, 2.05) is 24.3 Å². The summed E-state index contributed by atoms with van der Waals surface area (Å²) < 4.78 is 9.75. The summed E-state index contributed by atoms with van der Waals surface area (Å²) in [5.41, 5.74) is 2.17. The Morgan fingerprint density at radius 1 is 0.828 bits per heavy atom. The molecule has 0 atom stereocenters. The molecule has 2 aromatic carbocycles. The van der Waals surface area contributed by atoms with Gasteiger partial charge >= 0.3 is 11.9 Å². The van der Waals surface area contributed by atoms with Gasteiger partial charge in [-0.25, -0.2) is 9.59 Å². The first-order valence-electron chi connectivity index (χ1n) is 8.93. The molecule has 2 aromatic rings. The highest BCUT2D eigenvalue weighted by Gasteiger charge is 2.27. The van der Waals surface area contributed by atoms with Crippen LogP contribution in [0, 0.1) is 6.92 Å². The van der Waals surface area contributed by atoms with Crippen LogP contribution in [0.4, 0.5) is 5.69 Å². The Hall–Kier alpha value is -3.25. The van der Waals surface area contributed by atoms with E-state index in [2.05, 4.69) is 31.2 Å². The molecule has 0 bridgehead atoms. The summed E-state index contributed by atoms with van der Waals surface area (Å²) in [6.45, 7) is 2.06. The minimum Gasteiger partial charge on any atom is -0.465 e. The summed E-state index contributed by atoms with van der Waals surface area (Å²) in [6.07, 6.45) is 6.67. The summed E-state index contributed by atoms with van der Waals surface area (Å²) >= 11 is 1.65. The molecule has 3 rings (SSSR count). The van der Waals surface area contributed by atoms with Gasteiger partial charge in [-0.1, -0.05) is 35.5 Å². The van der Waals surface area contributed by atoms with E-state index in [9.17, 15) is 9.59 Å². The number of carbonyl (C=O) groups is 2. The summed E-state index contributed by atoms with van der Waals surface area (Å²) in [5, 5.41) is 0. The second-order valence-corrected chi connectivity index (χ2v) is 7.37. The number of ether oxygens (including phenoxy) is 2. The number of carbonyl (C=O) groups excluding carboxylic acids is 2. The van der Waals surface area contributed by atoms with Crippen LogP contribution in [-0.2, 0) is 19.1 Å². The van der Waals surface area contributed by atoms with Crippen molar-refractivity contribution in [1.82, 2.24) is 0 Å². The molecule has 0 saturated carbocycles. The van der Waals surface area contributed by atoms with Crippen molar-refractivity contribution in [3.63, 3.8) is 0 Å². The largest absolute Gasteiger partial charge is 0.465 e. The third-order valence-corrected chi connectivity index (χ3v) is 5.28. The Balaban J connectivity index is 1.93. The first-order chi connectivity index (χ1) is 14.0. The molecule has 1 aliphatic heterocycles. The zero-order valence-corrected chi connectivity index (χ0v) is 17.2. The van der Waals surface area contributed by atoms with Gasteiger partial charge in [-0.15, -0.1) is 0 Å². The standard InChI is InChI=1S/C23H21NO4S/c1-16-7-11-18(12-8-16)29-19-13-9-17(10-14-19)24-15-5-4-6-20(22(25)27-2)21(24)23(26)28-3/h4-15H,1-3H3. The predicted molar refractivity (Wildman–Crippen MR) is 114 cm³/mol. The second-order valence-electron chi connectivity index (χ2n) is 6.23. The van der Waals surface area contributed by atoms with E-state index < -0.39 is 11.9 Å². The van der Waals surface area contributed by atoms with Gasteiger partial charge in [0.25, 0.3) is 0 Å². The van der Waals surface area contributed by atoms with Gasteiger partial charge in [0, 0.05) is 21.7 Å². The van der Waals surface area contributed by atoms with Crippen molar-refractivity contribution in [3.05, 3.63) is 89.8 Å². The van der Waals surface area contributed by atoms with Crippen LogP contribution in [0.1, 0.15) is 5.56 Å². The van der Waals surface area contributed by atoms with Gasteiger partial charge in [0.15, 0.2) is 0 Å². The molecule has 0 N–H and O–H groups in total. The fraction of sp³-hybridized carbons (Fsp3) is 0.130. The molecule has 1 heterocycles. The first kappa shape index (κ1) is 20.5. The number of hydrogen-bond donors (Lipinski definition) is 0. The maximum atomic E-state index is 12.5. The highest BCUT2D eigenvalue weighted by atomic mass is 32.2. The highest BCUT2D eigenvalue weighted by molar-refractivity contribution is 7.99. The van der Waals surface area contributed by atoms with E-state index in [0.29, 0.717) is 0 Å². The maximum absolute atomic E-state index is 12.5. The van der Waals surface area contributed by atoms with Crippen LogP contribution in [0.5, 0.6) is 0 Å². The Morgan fingerprint density at radius 2 is 1.41 bits per heavy atom. The minimum absolute atomic E-state index is 0.100. The van der Waals surface area contributed by atoms with Gasteiger partial charge in [0.05, 0.1) is 19.8 Å². The zero-order chi connectivity index (χ0) is 20.8. The van der Waals surface area contributed by atoms with Gasteiger partial charge in [-0.3, -0.25) is 0 Å². The molecule has 0 spiro atoms. The first-order valence-corrected chi connectivity index (χ1v) is 9.74. The van der Waals surface area contributed by atoms with Gasteiger partial charge in [-0.05, 0) is 55.5 Å². The second kappa shape index (κ2) is 9.30. The lowest BCUT2D eigenvalue weighted by Gasteiger charge is -2.23. The van der Waals surface area contributed by atoms with Crippen LogP contribution in [0.3, 0.4) is 0 Å². The molecule has 0 unspecified atom stereocenters. The molecule has 1 aliphatic rings. The quantitative estimate of drug-likeness (QED) is 0.674. The molecule has 0 saturated heterocycles. The molecule has 29 heavy (non-hydrogen) atoms. The lowest BCUT2D eigenvalue weighted by atomic mass is 10.1. The number of anilines is 1. The number of nitrogens with zero attached hydrogens (tertiary/aromatic N) is 1. The van der Waals surface area contributed by atoms with Crippen molar-refractivity contribution in [2.75, 3.05) is 19.1 Å². The molecule has 5 nitrogen and oxygen atoms in total. The normalized spacial score (nSPS) is 13.3. The zero-order valence-electron chi connectivity index (χ0n) is 16.4. The van der Waals surface area contributed by atoms with Crippen LogP contribution in [0.15, 0.2) is 94.0 Å². The van der Waals surface area contributed by atoms with E-state index in [0.717, 1.165) is 15.5 Å². The van der Waals surface area contributed by atoms with E-state index >= 15 is 0 Å². The molecule has 0 aliphatic carbocycles. The fourth-order valence-corrected chi connectivity index (χ4v) is 3.60. The summed E-state index contributed by atoms with van der Waals surface area (Å²) in [7, 11) is 2.56. The van der Waals surface area contributed by atoms with Crippen LogP contribution in [0.2, 0.25) is 0 Å². The number of allylic oxidation sites excluding steroid dienone is 2. The molecule has 148 valence electrons. The molecule has 0 amide bonds. The number of rotatable bonds is 5. The predicted octanol–water partition coefficient (Wildman–Crippen LogP) is 4.64. The Kier molecular flexibility index (Phi) is 6.57. The molecule has 0 radical (unpaired) electrons. The smallest absolute Gasteiger partial charge is 0.355 e. The van der Waals surface area contributed by atoms with Crippen LogP contribution in [-0.4, -0.2) is 26.2 Å². The van der Waals surface area contributed by atoms with E-state index in [4.69, 9.17) is 9.47 Å². The topological polar surface area (TPSA) is 55.8 Å². The van der Waals surface area contributed by atoms with Crippen molar-refractivity contribution in [2.24, 2.45) is 0 Å². The van der Waals surface area contributed by atoms with Crippen molar-refractivity contribution >= 4 is 29.4 Å². The highest BCUT2D eigenvalue weighted by Crippen LogP contribution is 2.31. The average Bonchev–Trinajstić information content (AvgIpc) is 2.98. The number of benzene rings is 2. The number of aryl methyl sites for hydroxylation is 1. The van der Waals surface area contributed by atoms with Crippen LogP contribution >= 0.6 is 11.8 Å². The van der Waals surface area contributed by atoms with Crippen LogP contribution in [0.25, 0.3) is 0 Å². The van der Waals surface area contributed by atoms with E-state index in [-0.39, 0.29) is 11.3 Å². The number of methoxy groups -OCH3 is 2.